The van der Waals surface area contributed by atoms with E-state index < -0.39 is 0 Å². The highest BCUT2D eigenvalue weighted by Crippen LogP contribution is 2.37. The van der Waals surface area contributed by atoms with Gasteiger partial charge in [0.2, 0.25) is 0 Å². The summed E-state index contributed by atoms with van der Waals surface area (Å²) >= 11 is 0. The minimum Gasteiger partial charge on any atom is -0.198 e. The molecule has 0 spiro atoms. The van der Waals surface area contributed by atoms with Crippen LogP contribution in [-0.2, 0) is 0 Å². The van der Waals surface area contributed by atoms with E-state index in [2.05, 4.69) is 26.8 Å². The number of rotatable bonds is 2. The fourth-order valence-electron chi connectivity index (χ4n) is 2.92. The monoisotopic (exact) mass is 193 g/mol. The summed E-state index contributed by atoms with van der Waals surface area (Å²) in [5, 5.41) is 8.95. The first-order valence-electron chi connectivity index (χ1n) is 6.08. The zero-order valence-electron chi connectivity index (χ0n) is 9.79. The Morgan fingerprint density at radius 3 is 2.36 bits per heavy atom. The Morgan fingerprint density at radius 2 is 1.86 bits per heavy atom. The second-order valence-electron chi connectivity index (χ2n) is 5.06. The first kappa shape index (κ1) is 11.6. The third kappa shape index (κ3) is 2.74. The van der Waals surface area contributed by atoms with E-state index in [1.165, 1.54) is 19.3 Å². The normalized spacial score (nSPS) is 33.8. The molecule has 0 aromatic carbocycles. The van der Waals surface area contributed by atoms with Crippen LogP contribution >= 0.6 is 0 Å². The van der Waals surface area contributed by atoms with Gasteiger partial charge in [0.1, 0.15) is 0 Å². The largest absolute Gasteiger partial charge is 0.198 e. The molecule has 0 aromatic heterocycles. The zero-order chi connectivity index (χ0) is 10.6. The Labute approximate surface area is 88.5 Å². The molecular weight excluding hydrogens is 170 g/mol. The summed E-state index contributed by atoms with van der Waals surface area (Å²) in [4.78, 5) is 0. The molecule has 0 aromatic rings. The fraction of sp³-hybridized carbons (Fsp3) is 0.923. The van der Waals surface area contributed by atoms with Gasteiger partial charge < -0.3 is 0 Å². The number of hydrogen-bond donors (Lipinski definition) is 0. The molecule has 1 rings (SSSR count). The number of nitriles is 1. The molecule has 80 valence electrons. The van der Waals surface area contributed by atoms with Crippen molar-refractivity contribution in [2.24, 2.45) is 23.7 Å². The molecule has 3 atom stereocenters. The van der Waals surface area contributed by atoms with E-state index in [1.54, 1.807) is 0 Å². The van der Waals surface area contributed by atoms with Crippen molar-refractivity contribution in [1.29, 1.82) is 5.26 Å². The van der Waals surface area contributed by atoms with Crippen molar-refractivity contribution in [2.75, 3.05) is 0 Å². The minimum absolute atomic E-state index is 0.341. The number of nitrogens with zero attached hydrogens (tertiary/aromatic N) is 1. The van der Waals surface area contributed by atoms with Crippen LogP contribution in [0.5, 0.6) is 0 Å². The van der Waals surface area contributed by atoms with Crippen molar-refractivity contribution in [2.45, 2.75) is 52.9 Å². The average molecular weight is 193 g/mol. The summed E-state index contributed by atoms with van der Waals surface area (Å²) < 4.78 is 0. The zero-order valence-corrected chi connectivity index (χ0v) is 9.79. The van der Waals surface area contributed by atoms with Crippen LogP contribution in [0.1, 0.15) is 52.9 Å². The Kier molecular flexibility index (Phi) is 4.45. The van der Waals surface area contributed by atoms with Crippen LogP contribution < -0.4 is 0 Å². The quantitative estimate of drug-likeness (QED) is 0.608. The highest BCUT2D eigenvalue weighted by molar-refractivity contribution is 4.88. The summed E-state index contributed by atoms with van der Waals surface area (Å²) in [7, 11) is 0. The van der Waals surface area contributed by atoms with Gasteiger partial charge in [0.05, 0.1) is 6.07 Å². The molecule has 0 saturated heterocycles. The molecule has 0 amide bonds. The lowest BCUT2D eigenvalue weighted by Crippen LogP contribution is -2.18. The van der Waals surface area contributed by atoms with Gasteiger partial charge in [0.15, 0.2) is 0 Å². The van der Waals surface area contributed by atoms with Crippen molar-refractivity contribution in [3.05, 3.63) is 0 Å². The molecule has 14 heavy (non-hydrogen) atoms. The SMILES string of the molecule is CCC1CCC(C#N)CCC1C(C)C. The van der Waals surface area contributed by atoms with Crippen LogP contribution in [0.4, 0.5) is 0 Å². The van der Waals surface area contributed by atoms with Crippen molar-refractivity contribution in [3.8, 4) is 6.07 Å². The van der Waals surface area contributed by atoms with Gasteiger partial charge in [-0.15, -0.1) is 0 Å². The predicted molar refractivity (Wildman–Crippen MR) is 59.7 cm³/mol. The lowest BCUT2D eigenvalue weighted by atomic mass is 9.79. The maximum atomic E-state index is 8.95. The van der Waals surface area contributed by atoms with Gasteiger partial charge in [-0.2, -0.15) is 5.26 Å². The van der Waals surface area contributed by atoms with E-state index in [-0.39, 0.29) is 0 Å². The average Bonchev–Trinajstić information content (AvgIpc) is 2.38. The van der Waals surface area contributed by atoms with Crippen LogP contribution in [0.3, 0.4) is 0 Å². The molecule has 1 aliphatic rings. The molecule has 1 aliphatic carbocycles. The maximum Gasteiger partial charge on any atom is 0.0655 e. The van der Waals surface area contributed by atoms with Crippen LogP contribution in [0.2, 0.25) is 0 Å². The van der Waals surface area contributed by atoms with Crippen molar-refractivity contribution < 1.29 is 0 Å². The first-order valence-corrected chi connectivity index (χ1v) is 6.08. The van der Waals surface area contributed by atoms with E-state index >= 15 is 0 Å². The Hall–Kier alpha value is -0.510. The van der Waals surface area contributed by atoms with E-state index in [9.17, 15) is 0 Å². The predicted octanol–water partition coefficient (Wildman–Crippen LogP) is 4.00. The standard InChI is InChI=1S/C13H23N/c1-4-12-7-5-11(9-14)6-8-13(12)10(2)3/h10-13H,4-8H2,1-3H3. The topological polar surface area (TPSA) is 23.8 Å². The second-order valence-corrected chi connectivity index (χ2v) is 5.06. The lowest BCUT2D eigenvalue weighted by molar-refractivity contribution is 0.232. The summed E-state index contributed by atoms with van der Waals surface area (Å²) in [6, 6.07) is 2.45. The van der Waals surface area contributed by atoms with Gasteiger partial charge in [-0.05, 0) is 43.4 Å². The summed E-state index contributed by atoms with van der Waals surface area (Å²) in [5.41, 5.74) is 0. The fourth-order valence-corrected chi connectivity index (χ4v) is 2.92. The second kappa shape index (κ2) is 5.39. The van der Waals surface area contributed by atoms with E-state index in [1.807, 2.05) is 0 Å². The van der Waals surface area contributed by atoms with Gasteiger partial charge in [-0.25, -0.2) is 0 Å². The Bertz CT molecular complexity index is 202. The summed E-state index contributed by atoms with van der Waals surface area (Å²) in [6.07, 6.45) is 6.11. The first-order chi connectivity index (χ1) is 6.69. The molecule has 1 heteroatoms. The molecule has 1 saturated carbocycles. The minimum atomic E-state index is 0.341. The van der Waals surface area contributed by atoms with Gasteiger partial charge >= 0.3 is 0 Å². The van der Waals surface area contributed by atoms with Gasteiger partial charge in [-0.3, -0.25) is 0 Å². The molecule has 0 radical (unpaired) electrons. The molecule has 1 fully saturated rings. The molecule has 0 heterocycles. The van der Waals surface area contributed by atoms with Gasteiger partial charge in [0.25, 0.3) is 0 Å². The van der Waals surface area contributed by atoms with Crippen molar-refractivity contribution in [1.82, 2.24) is 0 Å². The van der Waals surface area contributed by atoms with E-state index in [4.69, 9.17) is 5.26 Å². The van der Waals surface area contributed by atoms with Crippen molar-refractivity contribution in [3.63, 3.8) is 0 Å². The highest BCUT2D eigenvalue weighted by atomic mass is 14.3. The molecule has 0 N–H and O–H groups in total. The molecule has 1 nitrogen and oxygen atoms in total. The Morgan fingerprint density at radius 1 is 1.21 bits per heavy atom. The molecular formula is C13H23N. The van der Waals surface area contributed by atoms with E-state index in [0.29, 0.717) is 5.92 Å². The lowest BCUT2D eigenvalue weighted by Gasteiger charge is -2.27. The van der Waals surface area contributed by atoms with E-state index in [0.717, 1.165) is 30.6 Å². The molecule has 3 unspecified atom stereocenters. The van der Waals surface area contributed by atoms with Crippen LogP contribution in [0, 0.1) is 35.0 Å². The third-order valence-corrected chi connectivity index (χ3v) is 3.90. The van der Waals surface area contributed by atoms with Crippen molar-refractivity contribution >= 4 is 0 Å². The summed E-state index contributed by atoms with van der Waals surface area (Å²) in [6.45, 7) is 6.97. The van der Waals surface area contributed by atoms with Crippen LogP contribution in [0.15, 0.2) is 0 Å². The van der Waals surface area contributed by atoms with Crippen LogP contribution in [0.25, 0.3) is 0 Å². The molecule has 0 aliphatic heterocycles. The molecule has 0 bridgehead atoms. The smallest absolute Gasteiger partial charge is 0.0655 e. The maximum absolute atomic E-state index is 8.95. The number of hydrogen-bond acceptors (Lipinski definition) is 1. The van der Waals surface area contributed by atoms with Crippen LogP contribution in [-0.4, -0.2) is 0 Å². The summed E-state index contributed by atoms with van der Waals surface area (Å²) in [5.74, 6) is 2.86. The van der Waals surface area contributed by atoms with Gasteiger partial charge in [0, 0.05) is 5.92 Å². The highest BCUT2D eigenvalue weighted by Gasteiger charge is 2.27. The Balaban J connectivity index is 2.61. The third-order valence-electron chi connectivity index (χ3n) is 3.90. The van der Waals surface area contributed by atoms with Gasteiger partial charge in [-0.1, -0.05) is 27.2 Å².